The Morgan fingerprint density at radius 1 is 1.17 bits per heavy atom. The molecule has 2 heterocycles. The third-order valence-corrected chi connectivity index (χ3v) is 2.47. The lowest BCUT2D eigenvalue weighted by Crippen LogP contribution is -2.22. The topological polar surface area (TPSA) is 68.5 Å². The highest BCUT2D eigenvalue weighted by Gasteiger charge is 2.14. The molecule has 18 heavy (non-hydrogen) atoms. The van der Waals surface area contributed by atoms with Gasteiger partial charge in [-0.15, -0.1) is 5.10 Å². The number of nitrogens with one attached hydrogen (secondary N) is 1. The molecule has 0 aliphatic heterocycles. The molecule has 6 heteroatoms. The van der Waals surface area contributed by atoms with Crippen LogP contribution in [0.3, 0.4) is 0 Å². The molecule has 0 aliphatic carbocycles. The summed E-state index contributed by atoms with van der Waals surface area (Å²) >= 11 is 0. The minimum atomic E-state index is -0.0316. The highest BCUT2D eigenvalue weighted by Crippen LogP contribution is 2.11. The van der Waals surface area contributed by atoms with Gasteiger partial charge in [0.1, 0.15) is 0 Å². The number of hydrogen-bond acceptors (Lipinski definition) is 5. The Hall–Kier alpha value is -1.82. The van der Waals surface area contributed by atoms with E-state index >= 15 is 0 Å². The van der Waals surface area contributed by atoms with Gasteiger partial charge in [0.05, 0.1) is 23.1 Å². The fourth-order valence-corrected chi connectivity index (χ4v) is 1.45. The third kappa shape index (κ3) is 3.33. The first-order valence-corrected chi connectivity index (χ1v) is 5.95. The first-order chi connectivity index (χ1) is 8.55. The molecule has 0 bridgehead atoms. The molecule has 0 saturated carbocycles. The monoisotopic (exact) mass is 246 g/mol. The molecule has 0 spiro atoms. The molecular weight excluding hydrogens is 228 g/mol. The Balaban J connectivity index is 1.86. The summed E-state index contributed by atoms with van der Waals surface area (Å²) in [5.74, 6) is 0. The van der Waals surface area contributed by atoms with Gasteiger partial charge in [0, 0.05) is 19.3 Å². The predicted molar refractivity (Wildman–Crippen MR) is 67.6 cm³/mol. The van der Waals surface area contributed by atoms with Crippen molar-refractivity contribution in [2.24, 2.45) is 0 Å². The molecular formula is C12H18N6. The average Bonchev–Trinajstić information content (AvgIpc) is 2.79. The summed E-state index contributed by atoms with van der Waals surface area (Å²) in [7, 11) is 0. The molecule has 0 unspecified atom stereocenters. The Bertz CT molecular complexity index is 485. The van der Waals surface area contributed by atoms with E-state index in [1.807, 2.05) is 23.0 Å². The Kier molecular flexibility index (Phi) is 3.66. The SMILES string of the molecule is CC(C)(C)n1cc(CNCc2cccnn2)nn1. The van der Waals surface area contributed by atoms with Crippen LogP contribution >= 0.6 is 0 Å². The minimum Gasteiger partial charge on any atom is -0.305 e. The van der Waals surface area contributed by atoms with Crippen LogP contribution in [0.1, 0.15) is 32.2 Å². The summed E-state index contributed by atoms with van der Waals surface area (Å²) in [4.78, 5) is 0. The van der Waals surface area contributed by atoms with Gasteiger partial charge in [-0.05, 0) is 32.9 Å². The smallest absolute Gasteiger partial charge is 0.0965 e. The molecule has 6 nitrogen and oxygen atoms in total. The second kappa shape index (κ2) is 5.22. The van der Waals surface area contributed by atoms with Crippen LogP contribution in [0.15, 0.2) is 24.5 Å². The van der Waals surface area contributed by atoms with E-state index in [0.29, 0.717) is 13.1 Å². The van der Waals surface area contributed by atoms with Crippen LogP contribution in [-0.4, -0.2) is 25.2 Å². The molecule has 2 rings (SSSR count). The molecule has 2 aromatic heterocycles. The minimum absolute atomic E-state index is 0.0316. The van der Waals surface area contributed by atoms with Gasteiger partial charge in [-0.1, -0.05) is 5.21 Å². The quantitative estimate of drug-likeness (QED) is 0.875. The zero-order chi connectivity index (χ0) is 13.0. The van der Waals surface area contributed by atoms with Crippen molar-refractivity contribution in [3.05, 3.63) is 35.9 Å². The van der Waals surface area contributed by atoms with E-state index in [0.717, 1.165) is 11.4 Å². The summed E-state index contributed by atoms with van der Waals surface area (Å²) in [5, 5.41) is 19.3. The van der Waals surface area contributed by atoms with Gasteiger partial charge < -0.3 is 5.32 Å². The van der Waals surface area contributed by atoms with E-state index in [9.17, 15) is 0 Å². The molecule has 0 fully saturated rings. The predicted octanol–water partition coefficient (Wildman–Crippen LogP) is 1.11. The number of nitrogens with zero attached hydrogens (tertiary/aromatic N) is 5. The molecule has 0 amide bonds. The van der Waals surface area contributed by atoms with Crippen molar-refractivity contribution in [3.8, 4) is 0 Å². The number of hydrogen-bond donors (Lipinski definition) is 1. The van der Waals surface area contributed by atoms with Crippen molar-refractivity contribution in [3.63, 3.8) is 0 Å². The van der Waals surface area contributed by atoms with Crippen LogP contribution in [0.2, 0.25) is 0 Å². The first kappa shape index (κ1) is 12.6. The lowest BCUT2D eigenvalue weighted by molar-refractivity contribution is 0.347. The van der Waals surface area contributed by atoms with E-state index in [4.69, 9.17) is 0 Å². The van der Waals surface area contributed by atoms with Crippen molar-refractivity contribution in [1.29, 1.82) is 0 Å². The Labute approximate surface area is 106 Å². The van der Waals surface area contributed by atoms with Crippen LogP contribution in [0.5, 0.6) is 0 Å². The molecule has 0 saturated heterocycles. The van der Waals surface area contributed by atoms with E-state index < -0.39 is 0 Å². The molecule has 0 atom stereocenters. The van der Waals surface area contributed by atoms with Crippen LogP contribution in [0.25, 0.3) is 0 Å². The Morgan fingerprint density at radius 2 is 1.94 bits per heavy atom. The van der Waals surface area contributed by atoms with Gasteiger partial charge in [-0.25, -0.2) is 4.68 Å². The van der Waals surface area contributed by atoms with Crippen LogP contribution in [0, 0.1) is 0 Å². The molecule has 0 aliphatic rings. The zero-order valence-electron chi connectivity index (χ0n) is 11.0. The standard InChI is InChI=1S/C12H18N6/c1-12(2,3)18-9-11(16-17-18)8-13-7-10-5-4-6-14-15-10/h4-6,9,13H,7-8H2,1-3H3. The molecule has 1 N–H and O–H groups in total. The summed E-state index contributed by atoms with van der Waals surface area (Å²) in [6, 6.07) is 3.81. The van der Waals surface area contributed by atoms with E-state index in [-0.39, 0.29) is 5.54 Å². The second-order valence-electron chi connectivity index (χ2n) is 5.14. The first-order valence-electron chi connectivity index (χ1n) is 5.95. The van der Waals surface area contributed by atoms with E-state index in [1.54, 1.807) is 6.20 Å². The van der Waals surface area contributed by atoms with Crippen molar-refractivity contribution < 1.29 is 0 Å². The van der Waals surface area contributed by atoms with Crippen molar-refractivity contribution in [1.82, 2.24) is 30.5 Å². The van der Waals surface area contributed by atoms with Gasteiger partial charge in [-0.2, -0.15) is 10.2 Å². The highest BCUT2D eigenvalue weighted by molar-refractivity contribution is 4.99. The van der Waals surface area contributed by atoms with Crippen LogP contribution < -0.4 is 5.32 Å². The fourth-order valence-electron chi connectivity index (χ4n) is 1.45. The lowest BCUT2D eigenvalue weighted by Gasteiger charge is -2.17. The molecule has 96 valence electrons. The van der Waals surface area contributed by atoms with Crippen LogP contribution in [0.4, 0.5) is 0 Å². The number of rotatable bonds is 4. The lowest BCUT2D eigenvalue weighted by atomic mass is 10.1. The summed E-state index contributed by atoms with van der Waals surface area (Å²) in [6.07, 6.45) is 3.63. The summed E-state index contributed by atoms with van der Waals surface area (Å²) in [5.41, 5.74) is 1.81. The summed E-state index contributed by atoms with van der Waals surface area (Å²) < 4.78 is 1.87. The zero-order valence-corrected chi connectivity index (χ0v) is 11.0. The highest BCUT2D eigenvalue weighted by atomic mass is 15.4. The summed E-state index contributed by atoms with van der Waals surface area (Å²) in [6.45, 7) is 7.64. The molecule has 2 aromatic rings. The van der Waals surface area contributed by atoms with Gasteiger partial charge >= 0.3 is 0 Å². The van der Waals surface area contributed by atoms with Crippen molar-refractivity contribution >= 4 is 0 Å². The maximum absolute atomic E-state index is 4.13. The van der Waals surface area contributed by atoms with E-state index in [2.05, 4.69) is 46.6 Å². The van der Waals surface area contributed by atoms with Gasteiger partial charge in [-0.3, -0.25) is 0 Å². The van der Waals surface area contributed by atoms with Gasteiger partial charge in [0.2, 0.25) is 0 Å². The van der Waals surface area contributed by atoms with Crippen molar-refractivity contribution in [2.45, 2.75) is 39.4 Å². The average molecular weight is 246 g/mol. The van der Waals surface area contributed by atoms with Gasteiger partial charge in [0.25, 0.3) is 0 Å². The normalized spacial score (nSPS) is 11.7. The van der Waals surface area contributed by atoms with Crippen molar-refractivity contribution in [2.75, 3.05) is 0 Å². The van der Waals surface area contributed by atoms with Gasteiger partial charge in [0.15, 0.2) is 0 Å². The third-order valence-electron chi connectivity index (χ3n) is 2.47. The van der Waals surface area contributed by atoms with E-state index in [1.165, 1.54) is 0 Å². The molecule has 0 radical (unpaired) electrons. The molecule has 0 aromatic carbocycles. The largest absolute Gasteiger partial charge is 0.305 e. The maximum Gasteiger partial charge on any atom is 0.0965 e. The Morgan fingerprint density at radius 3 is 2.56 bits per heavy atom. The number of aromatic nitrogens is 5. The van der Waals surface area contributed by atoms with Crippen LogP contribution in [-0.2, 0) is 18.6 Å². The second-order valence-corrected chi connectivity index (χ2v) is 5.14. The fraction of sp³-hybridized carbons (Fsp3) is 0.500. The maximum atomic E-state index is 4.13.